The first-order valence-corrected chi connectivity index (χ1v) is 13.5. The molecule has 32 heavy (non-hydrogen) atoms. The van der Waals surface area contributed by atoms with E-state index in [0.717, 1.165) is 17.1 Å². The van der Waals surface area contributed by atoms with E-state index in [0.29, 0.717) is 6.42 Å². The Kier molecular flexibility index (Phi) is 6.07. The first-order chi connectivity index (χ1) is 15.1. The van der Waals surface area contributed by atoms with Gasteiger partial charge in [-0.1, -0.05) is 0 Å². The molecule has 1 unspecified atom stereocenters. The Balaban J connectivity index is 1.42. The number of benzene rings is 1. The number of carbonyl (C=O) groups is 2. The van der Waals surface area contributed by atoms with Crippen LogP contribution in [0.25, 0.3) is 0 Å². The molecular formula is C19H23FN4O6S2. The minimum Gasteiger partial charge on any atom is -0.335 e. The van der Waals surface area contributed by atoms with Crippen LogP contribution >= 0.6 is 0 Å². The number of rotatable bonds is 4. The van der Waals surface area contributed by atoms with Gasteiger partial charge in [0, 0.05) is 39.0 Å². The van der Waals surface area contributed by atoms with Crippen LogP contribution in [0.5, 0.6) is 0 Å². The van der Waals surface area contributed by atoms with E-state index in [2.05, 4.69) is 5.10 Å². The number of piperazine rings is 1. The predicted octanol–water partition coefficient (Wildman–Crippen LogP) is -0.176. The average Bonchev–Trinajstić information content (AvgIpc) is 3.13. The van der Waals surface area contributed by atoms with Crippen LogP contribution in [0.2, 0.25) is 0 Å². The van der Waals surface area contributed by atoms with Crippen LogP contribution in [0, 0.1) is 5.82 Å². The molecule has 0 bridgehead atoms. The SMILES string of the molecule is O=C(C1=NN(C2CCS(=O)(=O)C2)C(=O)CC1)N1CCN(S(=O)(=O)c2ccc(F)cc2)CC1. The molecule has 1 atom stereocenters. The highest BCUT2D eigenvalue weighted by molar-refractivity contribution is 7.91. The number of hydrogen-bond acceptors (Lipinski definition) is 7. The molecule has 0 spiro atoms. The number of sulfone groups is 1. The molecule has 13 heteroatoms. The van der Waals surface area contributed by atoms with Crippen LogP contribution in [0.4, 0.5) is 4.39 Å². The quantitative estimate of drug-likeness (QED) is 0.582. The van der Waals surface area contributed by atoms with Gasteiger partial charge in [0.05, 0.1) is 22.4 Å². The van der Waals surface area contributed by atoms with Crippen molar-refractivity contribution >= 4 is 37.4 Å². The lowest BCUT2D eigenvalue weighted by atomic mass is 10.1. The van der Waals surface area contributed by atoms with E-state index < -0.39 is 31.7 Å². The number of nitrogens with zero attached hydrogens (tertiary/aromatic N) is 4. The van der Waals surface area contributed by atoms with Crippen LogP contribution in [0.15, 0.2) is 34.3 Å². The molecule has 3 aliphatic heterocycles. The Labute approximate surface area is 185 Å². The number of amides is 2. The van der Waals surface area contributed by atoms with Gasteiger partial charge in [0.2, 0.25) is 15.9 Å². The molecule has 3 aliphatic rings. The summed E-state index contributed by atoms with van der Waals surface area (Å²) in [5.41, 5.74) is 0.170. The standard InChI is InChI=1S/C19H23FN4O6S2/c20-14-1-3-16(4-2-14)32(29,30)23-10-8-22(9-11-23)19(26)17-5-6-18(25)24(21-17)15-7-12-31(27,28)13-15/h1-4,15H,5-13H2. The van der Waals surface area contributed by atoms with Crippen molar-refractivity contribution < 1.29 is 30.8 Å². The highest BCUT2D eigenvalue weighted by Crippen LogP contribution is 2.23. The second-order valence-corrected chi connectivity index (χ2v) is 12.2. The molecule has 0 saturated carbocycles. The predicted molar refractivity (Wildman–Crippen MR) is 112 cm³/mol. The Morgan fingerprint density at radius 1 is 1.06 bits per heavy atom. The van der Waals surface area contributed by atoms with E-state index in [1.54, 1.807) is 0 Å². The van der Waals surface area contributed by atoms with Crippen molar-refractivity contribution in [3.8, 4) is 0 Å². The van der Waals surface area contributed by atoms with E-state index in [1.807, 2.05) is 0 Å². The first kappa shape index (κ1) is 22.8. The number of sulfonamides is 1. The van der Waals surface area contributed by atoms with Gasteiger partial charge in [-0.25, -0.2) is 26.2 Å². The zero-order chi connectivity index (χ0) is 23.1. The van der Waals surface area contributed by atoms with Gasteiger partial charge >= 0.3 is 0 Å². The summed E-state index contributed by atoms with van der Waals surface area (Å²) in [6, 6.07) is 4.00. The summed E-state index contributed by atoms with van der Waals surface area (Å²) in [6.45, 7) is 0.429. The molecule has 2 fully saturated rings. The Bertz CT molecular complexity index is 1160. The third-order valence-electron chi connectivity index (χ3n) is 5.84. The van der Waals surface area contributed by atoms with Crippen molar-refractivity contribution in [2.24, 2.45) is 5.10 Å². The molecule has 4 rings (SSSR count). The summed E-state index contributed by atoms with van der Waals surface area (Å²) in [5.74, 6) is -1.40. The summed E-state index contributed by atoms with van der Waals surface area (Å²) in [7, 11) is -7.02. The normalized spacial score (nSPS) is 24.5. The Morgan fingerprint density at radius 3 is 2.31 bits per heavy atom. The first-order valence-electron chi connectivity index (χ1n) is 10.2. The van der Waals surface area contributed by atoms with E-state index in [-0.39, 0.29) is 72.9 Å². The summed E-state index contributed by atoms with van der Waals surface area (Å²) >= 11 is 0. The number of hydrazone groups is 1. The molecular weight excluding hydrogens is 463 g/mol. The zero-order valence-electron chi connectivity index (χ0n) is 17.2. The largest absolute Gasteiger partial charge is 0.335 e. The van der Waals surface area contributed by atoms with Gasteiger partial charge in [-0.15, -0.1) is 0 Å². The fourth-order valence-corrected chi connectivity index (χ4v) is 7.16. The van der Waals surface area contributed by atoms with Gasteiger partial charge in [0.1, 0.15) is 11.5 Å². The lowest BCUT2D eigenvalue weighted by Crippen LogP contribution is -2.53. The van der Waals surface area contributed by atoms with Crippen molar-refractivity contribution in [3.63, 3.8) is 0 Å². The third-order valence-corrected chi connectivity index (χ3v) is 9.50. The highest BCUT2D eigenvalue weighted by atomic mass is 32.2. The third kappa shape index (κ3) is 4.55. The highest BCUT2D eigenvalue weighted by Gasteiger charge is 2.38. The smallest absolute Gasteiger partial charge is 0.270 e. The molecule has 0 aromatic heterocycles. The molecule has 3 heterocycles. The molecule has 1 aromatic rings. The minimum atomic E-state index is -3.80. The second kappa shape index (κ2) is 8.52. The van der Waals surface area contributed by atoms with Crippen molar-refractivity contribution in [2.45, 2.75) is 30.2 Å². The fraction of sp³-hybridized carbons (Fsp3) is 0.526. The second-order valence-electron chi connectivity index (χ2n) is 7.99. The minimum absolute atomic E-state index is 0.00919. The maximum Gasteiger partial charge on any atom is 0.270 e. The van der Waals surface area contributed by atoms with Crippen LogP contribution < -0.4 is 0 Å². The Hall–Kier alpha value is -2.38. The van der Waals surface area contributed by atoms with Crippen LogP contribution in [0.1, 0.15) is 19.3 Å². The monoisotopic (exact) mass is 486 g/mol. The maximum absolute atomic E-state index is 13.1. The van der Waals surface area contributed by atoms with Gasteiger partial charge in [-0.3, -0.25) is 9.59 Å². The van der Waals surface area contributed by atoms with Crippen LogP contribution in [-0.2, 0) is 29.4 Å². The summed E-state index contributed by atoms with van der Waals surface area (Å²) in [4.78, 5) is 26.7. The van der Waals surface area contributed by atoms with Gasteiger partial charge in [0.15, 0.2) is 9.84 Å². The number of hydrogen-bond donors (Lipinski definition) is 0. The van der Waals surface area contributed by atoms with Gasteiger partial charge in [-0.2, -0.15) is 9.41 Å². The topological polar surface area (TPSA) is 124 Å². The van der Waals surface area contributed by atoms with Crippen LogP contribution in [-0.4, -0.2) is 92.3 Å². The maximum atomic E-state index is 13.1. The average molecular weight is 487 g/mol. The fourth-order valence-electron chi connectivity index (χ4n) is 4.05. The molecule has 2 saturated heterocycles. The van der Waals surface area contributed by atoms with E-state index >= 15 is 0 Å². The molecule has 0 radical (unpaired) electrons. The molecule has 1 aromatic carbocycles. The Morgan fingerprint density at radius 2 is 1.72 bits per heavy atom. The number of halogens is 1. The summed E-state index contributed by atoms with van der Waals surface area (Å²) in [6.07, 6.45) is 0.515. The number of carbonyl (C=O) groups excluding carboxylic acids is 2. The zero-order valence-corrected chi connectivity index (χ0v) is 18.8. The molecule has 0 aliphatic carbocycles. The van der Waals surface area contributed by atoms with E-state index in [9.17, 15) is 30.8 Å². The molecule has 10 nitrogen and oxygen atoms in total. The summed E-state index contributed by atoms with van der Waals surface area (Å²) < 4.78 is 63.3. The molecule has 2 amide bonds. The molecule has 0 N–H and O–H groups in total. The van der Waals surface area contributed by atoms with E-state index in [1.165, 1.54) is 21.3 Å². The van der Waals surface area contributed by atoms with E-state index in [4.69, 9.17) is 0 Å². The van der Waals surface area contributed by atoms with Gasteiger partial charge in [0.25, 0.3) is 5.91 Å². The van der Waals surface area contributed by atoms with Gasteiger partial charge < -0.3 is 4.90 Å². The van der Waals surface area contributed by atoms with Crippen molar-refractivity contribution in [1.82, 2.24) is 14.2 Å². The van der Waals surface area contributed by atoms with Crippen molar-refractivity contribution in [2.75, 3.05) is 37.7 Å². The van der Waals surface area contributed by atoms with Gasteiger partial charge in [-0.05, 0) is 30.7 Å². The lowest BCUT2D eigenvalue weighted by Gasteiger charge is -2.35. The summed E-state index contributed by atoms with van der Waals surface area (Å²) in [5, 5.41) is 5.32. The van der Waals surface area contributed by atoms with Crippen LogP contribution in [0.3, 0.4) is 0 Å². The van der Waals surface area contributed by atoms with Crippen molar-refractivity contribution in [3.05, 3.63) is 30.1 Å². The van der Waals surface area contributed by atoms with Crippen molar-refractivity contribution in [1.29, 1.82) is 0 Å². The molecule has 174 valence electrons. The lowest BCUT2D eigenvalue weighted by molar-refractivity contribution is -0.134.